The zero-order valence-corrected chi connectivity index (χ0v) is 12.9. The Morgan fingerprint density at radius 2 is 2.13 bits per heavy atom. The molecule has 120 valence electrons. The van der Waals surface area contributed by atoms with Crippen LogP contribution in [-0.4, -0.2) is 31.8 Å². The van der Waals surface area contributed by atoms with Crippen molar-refractivity contribution in [3.63, 3.8) is 0 Å². The lowest BCUT2D eigenvalue weighted by atomic mass is 9.76. The van der Waals surface area contributed by atoms with Crippen LogP contribution in [0.2, 0.25) is 0 Å². The van der Waals surface area contributed by atoms with Gasteiger partial charge in [0.25, 0.3) is 0 Å². The molecule has 0 spiro atoms. The standard InChI is InChI=1S/C17H19N3O3/c1-19-9-15(18-10-19)17(23)8-12-11-4-2-3-5-13(11)20(17)16(22)7-6-14(12)21/h2-5,9-10,12,16,22-23H,6-8H2,1H3. The van der Waals surface area contributed by atoms with Crippen molar-refractivity contribution in [3.8, 4) is 0 Å². The Morgan fingerprint density at radius 1 is 1.35 bits per heavy atom. The Labute approximate surface area is 134 Å². The number of anilines is 1. The Kier molecular flexibility index (Phi) is 3.08. The van der Waals surface area contributed by atoms with Gasteiger partial charge in [0.1, 0.15) is 17.7 Å². The Hall–Kier alpha value is -2.18. The summed E-state index contributed by atoms with van der Waals surface area (Å²) in [6.45, 7) is 0. The van der Waals surface area contributed by atoms with Gasteiger partial charge < -0.3 is 19.7 Å². The first-order valence-electron chi connectivity index (χ1n) is 7.80. The molecule has 4 rings (SSSR count). The predicted octanol–water partition coefficient (Wildman–Crippen LogP) is 1.24. The summed E-state index contributed by atoms with van der Waals surface area (Å²) in [5.41, 5.74) is 0.540. The quantitative estimate of drug-likeness (QED) is 0.828. The molecule has 3 heterocycles. The van der Waals surface area contributed by atoms with Crippen LogP contribution < -0.4 is 4.90 Å². The molecule has 3 atom stereocenters. The van der Waals surface area contributed by atoms with Gasteiger partial charge in [-0.15, -0.1) is 0 Å². The molecule has 1 aromatic carbocycles. The molecule has 0 amide bonds. The molecule has 1 fully saturated rings. The van der Waals surface area contributed by atoms with Crippen molar-refractivity contribution in [1.29, 1.82) is 0 Å². The average molecular weight is 313 g/mol. The zero-order valence-electron chi connectivity index (χ0n) is 12.9. The van der Waals surface area contributed by atoms with E-state index >= 15 is 0 Å². The number of nitrogens with zero attached hydrogens (tertiary/aromatic N) is 3. The lowest BCUT2D eigenvalue weighted by Crippen LogP contribution is -2.57. The van der Waals surface area contributed by atoms with Gasteiger partial charge in [-0.05, 0) is 18.1 Å². The second kappa shape index (κ2) is 4.91. The normalized spacial score (nSPS) is 30.0. The minimum atomic E-state index is -1.49. The highest BCUT2D eigenvalue weighted by atomic mass is 16.3. The van der Waals surface area contributed by atoms with Crippen LogP contribution in [-0.2, 0) is 17.6 Å². The fraction of sp³-hybridized carbons (Fsp3) is 0.412. The number of aliphatic hydroxyl groups excluding tert-OH is 1. The summed E-state index contributed by atoms with van der Waals surface area (Å²) in [6, 6.07) is 7.49. The van der Waals surface area contributed by atoms with E-state index in [9.17, 15) is 15.0 Å². The molecule has 2 bridgehead atoms. The Morgan fingerprint density at radius 3 is 2.87 bits per heavy atom. The molecule has 23 heavy (non-hydrogen) atoms. The maximum atomic E-state index is 12.6. The van der Waals surface area contributed by atoms with Crippen molar-refractivity contribution >= 4 is 11.5 Å². The number of ketones is 1. The fourth-order valence-electron chi connectivity index (χ4n) is 3.81. The number of fused-ring (bicyclic) bond motifs is 6. The topological polar surface area (TPSA) is 78.6 Å². The van der Waals surface area contributed by atoms with Crippen LogP contribution in [0.3, 0.4) is 0 Å². The first-order valence-corrected chi connectivity index (χ1v) is 7.80. The Bertz CT molecular complexity index is 772. The van der Waals surface area contributed by atoms with Gasteiger partial charge in [0.15, 0.2) is 5.72 Å². The minimum absolute atomic E-state index is 0.0604. The van der Waals surface area contributed by atoms with E-state index in [0.717, 1.165) is 5.56 Å². The van der Waals surface area contributed by atoms with E-state index in [1.54, 1.807) is 22.0 Å². The maximum absolute atomic E-state index is 12.6. The second-order valence-electron chi connectivity index (χ2n) is 6.41. The van der Waals surface area contributed by atoms with Gasteiger partial charge in [-0.25, -0.2) is 4.98 Å². The third-order valence-electron chi connectivity index (χ3n) is 4.91. The molecule has 0 saturated carbocycles. The SMILES string of the molecule is Cn1cnc(C2(O)CC3C(=O)CCC(O)N2c2ccccc23)c1. The molecule has 6 heteroatoms. The van der Waals surface area contributed by atoms with E-state index in [4.69, 9.17) is 0 Å². The van der Waals surface area contributed by atoms with Crippen molar-refractivity contribution < 1.29 is 15.0 Å². The largest absolute Gasteiger partial charge is 0.373 e. The molecule has 0 radical (unpaired) electrons. The van der Waals surface area contributed by atoms with Crippen LogP contribution in [0.25, 0.3) is 0 Å². The third kappa shape index (κ3) is 2.02. The van der Waals surface area contributed by atoms with Crippen molar-refractivity contribution in [2.45, 2.75) is 37.1 Å². The van der Waals surface area contributed by atoms with E-state index < -0.39 is 12.0 Å². The van der Waals surface area contributed by atoms with Crippen LogP contribution in [0.5, 0.6) is 0 Å². The minimum Gasteiger partial charge on any atom is -0.373 e. The number of aromatic nitrogens is 2. The van der Waals surface area contributed by atoms with E-state index in [0.29, 0.717) is 24.2 Å². The number of aliphatic hydroxyl groups is 2. The van der Waals surface area contributed by atoms with Crippen LogP contribution in [0.4, 0.5) is 5.69 Å². The van der Waals surface area contributed by atoms with Crippen LogP contribution in [0.1, 0.15) is 36.4 Å². The lowest BCUT2D eigenvalue weighted by Gasteiger charge is -2.50. The predicted molar refractivity (Wildman–Crippen MR) is 83.6 cm³/mol. The lowest BCUT2D eigenvalue weighted by molar-refractivity contribution is -0.126. The van der Waals surface area contributed by atoms with Gasteiger partial charge in [-0.2, -0.15) is 0 Å². The maximum Gasteiger partial charge on any atom is 0.186 e. The second-order valence-corrected chi connectivity index (χ2v) is 6.41. The first kappa shape index (κ1) is 14.4. The van der Waals surface area contributed by atoms with Gasteiger partial charge in [0, 0.05) is 37.7 Å². The monoisotopic (exact) mass is 313 g/mol. The molecule has 0 aliphatic carbocycles. The van der Waals surface area contributed by atoms with Crippen LogP contribution >= 0.6 is 0 Å². The number of rotatable bonds is 1. The van der Waals surface area contributed by atoms with Crippen molar-refractivity contribution in [2.24, 2.45) is 7.05 Å². The number of aryl methyl sites for hydroxylation is 1. The smallest absolute Gasteiger partial charge is 0.186 e. The van der Waals surface area contributed by atoms with E-state index in [2.05, 4.69) is 4.98 Å². The summed E-state index contributed by atoms with van der Waals surface area (Å²) in [5, 5.41) is 22.1. The number of benzene rings is 1. The third-order valence-corrected chi connectivity index (χ3v) is 4.91. The summed E-state index contributed by atoms with van der Waals surface area (Å²) >= 11 is 0. The highest BCUT2D eigenvalue weighted by Gasteiger charge is 2.51. The zero-order chi connectivity index (χ0) is 16.2. The molecule has 2 aliphatic heterocycles. The first-order chi connectivity index (χ1) is 11.0. The number of Topliss-reactive ketones (excluding diaryl/α,β-unsaturated/α-hetero) is 1. The van der Waals surface area contributed by atoms with Gasteiger partial charge in [-0.1, -0.05) is 18.2 Å². The summed E-state index contributed by atoms with van der Waals surface area (Å²) < 4.78 is 1.75. The van der Waals surface area contributed by atoms with Crippen LogP contribution in [0.15, 0.2) is 36.8 Å². The van der Waals surface area contributed by atoms with Gasteiger partial charge in [0.05, 0.1) is 6.33 Å². The van der Waals surface area contributed by atoms with Crippen molar-refractivity contribution in [2.75, 3.05) is 4.90 Å². The van der Waals surface area contributed by atoms with E-state index in [1.165, 1.54) is 0 Å². The fourth-order valence-corrected chi connectivity index (χ4v) is 3.81. The number of imidazole rings is 1. The summed E-state index contributed by atoms with van der Waals surface area (Å²) in [6.07, 6.45) is 3.23. The molecule has 3 unspecified atom stereocenters. The highest BCUT2D eigenvalue weighted by Crippen LogP contribution is 2.50. The number of hydrogen-bond donors (Lipinski definition) is 2. The van der Waals surface area contributed by atoms with Gasteiger partial charge >= 0.3 is 0 Å². The number of hydrogen-bond acceptors (Lipinski definition) is 5. The average Bonchev–Trinajstić information content (AvgIpc) is 2.97. The molecule has 6 nitrogen and oxygen atoms in total. The summed E-state index contributed by atoms with van der Waals surface area (Å²) in [7, 11) is 1.83. The Balaban J connectivity index is 1.96. The molecule has 2 aliphatic rings. The number of carbonyl (C=O) groups is 1. The van der Waals surface area contributed by atoms with Gasteiger partial charge in [-0.3, -0.25) is 4.79 Å². The summed E-state index contributed by atoms with van der Waals surface area (Å²) in [4.78, 5) is 18.5. The van der Waals surface area contributed by atoms with Crippen molar-refractivity contribution in [3.05, 3.63) is 48.0 Å². The molecule has 1 saturated heterocycles. The molecule has 2 N–H and O–H groups in total. The summed E-state index contributed by atoms with van der Waals surface area (Å²) in [5.74, 6) is -0.313. The number of para-hydroxylation sites is 1. The molecular formula is C17H19N3O3. The van der Waals surface area contributed by atoms with E-state index in [-0.39, 0.29) is 18.1 Å². The van der Waals surface area contributed by atoms with E-state index in [1.807, 2.05) is 31.3 Å². The number of carbonyl (C=O) groups excluding carboxylic acids is 1. The molecule has 2 aromatic rings. The molecule has 1 aromatic heterocycles. The molecular weight excluding hydrogens is 294 g/mol. The van der Waals surface area contributed by atoms with Gasteiger partial charge in [0.2, 0.25) is 0 Å². The van der Waals surface area contributed by atoms with Crippen LogP contribution in [0, 0.1) is 0 Å². The van der Waals surface area contributed by atoms with Crippen molar-refractivity contribution in [1.82, 2.24) is 9.55 Å². The highest BCUT2D eigenvalue weighted by molar-refractivity contribution is 5.89.